The first-order valence-electron chi connectivity index (χ1n) is 4.88. The highest BCUT2D eigenvalue weighted by atomic mass is 32.2. The highest BCUT2D eigenvalue weighted by molar-refractivity contribution is 7.98. The summed E-state index contributed by atoms with van der Waals surface area (Å²) in [6, 6.07) is -0.507. The Morgan fingerprint density at radius 3 is 3.06 bits per heavy atom. The second-order valence-electron chi connectivity index (χ2n) is 3.17. The predicted molar refractivity (Wildman–Crippen MR) is 72.9 cm³/mol. The van der Waals surface area contributed by atoms with Gasteiger partial charge in [0.1, 0.15) is 0 Å². The van der Waals surface area contributed by atoms with Crippen LogP contribution in [0.4, 0.5) is 4.79 Å². The van der Waals surface area contributed by atoms with E-state index in [0.717, 1.165) is 22.9 Å². The summed E-state index contributed by atoms with van der Waals surface area (Å²) in [4.78, 5) is 18.3. The second-order valence-corrected chi connectivity index (χ2v) is 4.68. The summed E-state index contributed by atoms with van der Waals surface area (Å²) in [5, 5.41) is 11.0. The van der Waals surface area contributed by atoms with Crippen LogP contribution in [-0.4, -0.2) is 38.1 Å². The van der Waals surface area contributed by atoms with E-state index in [-0.39, 0.29) is 5.48 Å². The lowest BCUT2D eigenvalue weighted by molar-refractivity contribution is 0.235. The number of aromatic amines is 1. The number of nitrogens with zero attached hydrogens (tertiary/aromatic N) is 3. The summed E-state index contributed by atoms with van der Waals surface area (Å²) >= 11 is 5.31. The van der Waals surface area contributed by atoms with Crippen LogP contribution >= 0.6 is 24.6 Å². The molecule has 0 radical (unpaired) electrons. The topological polar surface area (TPSA) is 116 Å². The van der Waals surface area contributed by atoms with Gasteiger partial charge in [-0.1, -0.05) is 0 Å². The van der Waals surface area contributed by atoms with Gasteiger partial charge in [0, 0.05) is 23.7 Å². The van der Waals surface area contributed by atoms with Crippen molar-refractivity contribution in [2.45, 2.75) is 12.7 Å². The Kier molecular flexibility index (Phi) is 8.02. The third-order valence-corrected chi connectivity index (χ3v) is 3.22. The molecule has 1 aromatic rings. The molecule has 0 aliphatic carbocycles. The second kappa shape index (κ2) is 8.68. The number of aromatic nitrogens is 2. The van der Waals surface area contributed by atoms with E-state index in [0.29, 0.717) is 10.8 Å². The number of imidazole rings is 1. The maximum atomic E-state index is 11.1. The van der Waals surface area contributed by atoms with Gasteiger partial charge >= 0.3 is 6.03 Å². The van der Waals surface area contributed by atoms with Gasteiger partial charge in [0.15, 0.2) is 6.19 Å². The van der Waals surface area contributed by atoms with Gasteiger partial charge in [-0.2, -0.15) is 21.3 Å². The Labute approximate surface area is 115 Å². The zero-order valence-electron chi connectivity index (χ0n) is 9.80. The van der Waals surface area contributed by atoms with E-state index in [4.69, 9.17) is 5.26 Å². The van der Waals surface area contributed by atoms with Gasteiger partial charge in [0.2, 0.25) is 0 Å². The number of carbonyl (C=O) groups excluding carboxylic acids is 1. The lowest BCUT2D eigenvalue weighted by atomic mass is 10.4. The van der Waals surface area contributed by atoms with Gasteiger partial charge in [-0.25, -0.2) is 9.78 Å². The number of H-pyrrole nitrogens is 1. The first-order chi connectivity index (χ1) is 8.15. The minimum atomic E-state index is -0.507. The van der Waals surface area contributed by atoms with E-state index in [1.54, 1.807) is 24.3 Å². The molecule has 0 spiro atoms. The first kappa shape index (κ1) is 16.6. The van der Waals surface area contributed by atoms with E-state index >= 15 is 0 Å². The number of hydrogen-bond acceptors (Lipinski definition) is 5. The van der Waals surface area contributed by atoms with Crippen molar-refractivity contribution < 1.29 is 10.3 Å². The van der Waals surface area contributed by atoms with Crippen LogP contribution in [0.25, 0.3) is 0 Å². The summed E-state index contributed by atoms with van der Waals surface area (Å²) in [5.74, 6) is 1.55. The molecule has 1 heterocycles. The number of hydrogen-bond donors (Lipinski definition) is 3. The van der Waals surface area contributed by atoms with Crippen molar-refractivity contribution in [3.8, 4) is 6.19 Å². The molecule has 100 valence electrons. The Bertz CT molecular complexity index is 417. The van der Waals surface area contributed by atoms with Crippen molar-refractivity contribution >= 4 is 30.6 Å². The lowest BCUT2D eigenvalue weighted by Gasteiger charge is -2.07. The zero-order chi connectivity index (χ0) is 12.7. The van der Waals surface area contributed by atoms with E-state index < -0.39 is 6.03 Å². The van der Waals surface area contributed by atoms with E-state index in [1.165, 1.54) is 0 Å². The van der Waals surface area contributed by atoms with Gasteiger partial charge in [0.05, 0.1) is 12.0 Å². The summed E-state index contributed by atoms with van der Waals surface area (Å²) in [7, 11) is 0. The van der Waals surface area contributed by atoms with Gasteiger partial charge < -0.3 is 15.8 Å². The Morgan fingerprint density at radius 2 is 2.50 bits per heavy atom. The fourth-order valence-corrected chi connectivity index (χ4v) is 2.00. The van der Waals surface area contributed by atoms with Crippen LogP contribution in [0, 0.1) is 18.4 Å². The summed E-state index contributed by atoms with van der Waals surface area (Å²) in [5.41, 5.74) is 2.08. The normalized spacial score (nSPS) is 9.17. The predicted octanol–water partition coefficient (Wildman–Crippen LogP) is 0.464. The van der Waals surface area contributed by atoms with Crippen LogP contribution in [0.2, 0.25) is 0 Å². The molecule has 0 atom stereocenters. The summed E-state index contributed by atoms with van der Waals surface area (Å²) in [6.07, 6.45) is 3.27. The first-order valence-corrected chi connectivity index (χ1v) is 6.43. The fourth-order valence-electron chi connectivity index (χ4n) is 1.05. The molecule has 0 fully saturated rings. The molecule has 9 heteroatoms. The number of urea groups is 1. The molecule has 2 amide bonds. The number of thioether (sulfide) groups is 1. The minimum absolute atomic E-state index is 0. The van der Waals surface area contributed by atoms with Gasteiger partial charge in [-0.15, -0.1) is 0 Å². The van der Waals surface area contributed by atoms with Gasteiger partial charge in [-0.05, 0) is 19.7 Å². The van der Waals surface area contributed by atoms with Crippen molar-refractivity contribution in [1.82, 2.24) is 19.6 Å². The molecular weight excluding hydrogens is 274 g/mol. The molecule has 0 aliphatic rings. The number of nitrogens with one attached hydrogen (secondary N) is 2. The lowest BCUT2D eigenvalue weighted by Crippen LogP contribution is -2.32. The SMILES string of the molecule is Cc1[nH]cnc1CSCCNC(=O)N(S)C#N.O. The van der Waals surface area contributed by atoms with Gasteiger partial charge in [-0.3, -0.25) is 0 Å². The number of carbonyl (C=O) groups is 1. The largest absolute Gasteiger partial charge is 0.412 e. The average Bonchev–Trinajstić information content (AvgIpc) is 2.73. The smallest absolute Gasteiger partial charge is 0.340 e. The van der Waals surface area contributed by atoms with Crippen LogP contribution in [0.1, 0.15) is 11.4 Å². The molecule has 4 N–H and O–H groups in total. The van der Waals surface area contributed by atoms with Crippen LogP contribution in [0.5, 0.6) is 0 Å². The van der Waals surface area contributed by atoms with Crippen molar-refractivity contribution in [1.29, 1.82) is 5.26 Å². The van der Waals surface area contributed by atoms with E-state index in [1.807, 2.05) is 6.92 Å². The van der Waals surface area contributed by atoms with Crippen molar-refractivity contribution in [2.75, 3.05) is 12.3 Å². The monoisotopic (exact) mass is 289 g/mol. The third-order valence-electron chi connectivity index (χ3n) is 1.98. The molecule has 1 aromatic heterocycles. The standard InChI is InChI=1S/C9H13N5OS2.H2O/c1-7-8(13-6-12-7)4-17-3-2-11-9(15)14(16)5-10;/h6,16H,2-4H2,1H3,(H,11,15)(H,12,13);1H2. The Hall–Kier alpha value is -1.37. The molecule has 0 saturated heterocycles. The highest BCUT2D eigenvalue weighted by Gasteiger charge is 2.06. The molecule has 0 aromatic carbocycles. The van der Waals surface area contributed by atoms with Crippen LogP contribution in [0.15, 0.2) is 6.33 Å². The van der Waals surface area contributed by atoms with Crippen molar-refractivity contribution in [3.05, 3.63) is 17.7 Å². The number of rotatable bonds is 5. The summed E-state index contributed by atoms with van der Waals surface area (Å²) < 4.78 is 0.655. The minimum Gasteiger partial charge on any atom is -0.412 e. The van der Waals surface area contributed by atoms with E-state index in [9.17, 15) is 4.79 Å². The zero-order valence-corrected chi connectivity index (χ0v) is 11.5. The Balaban J connectivity index is 0.00000289. The van der Waals surface area contributed by atoms with Crippen LogP contribution in [-0.2, 0) is 5.75 Å². The fraction of sp³-hybridized carbons (Fsp3) is 0.444. The molecule has 18 heavy (non-hydrogen) atoms. The molecule has 0 aliphatic heterocycles. The van der Waals surface area contributed by atoms with Crippen molar-refractivity contribution in [3.63, 3.8) is 0 Å². The number of aryl methyl sites for hydroxylation is 1. The number of nitriles is 1. The van der Waals surface area contributed by atoms with Gasteiger partial charge in [0.25, 0.3) is 0 Å². The third kappa shape index (κ3) is 5.31. The molecule has 0 bridgehead atoms. The average molecular weight is 289 g/mol. The molecule has 0 unspecified atom stereocenters. The molecular formula is C9H15N5O2S2. The Morgan fingerprint density at radius 1 is 1.78 bits per heavy atom. The van der Waals surface area contributed by atoms with Crippen LogP contribution in [0.3, 0.4) is 0 Å². The highest BCUT2D eigenvalue weighted by Crippen LogP contribution is 2.11. The van der Waals surface area contributed by atoms with Crippen molar-refractivity contribution in [2.24, 2.45) is 0 Å². The molecule has 0 saturated carbocycles. The van der Waals surface area contributed by atoms with E-state index in [2.05, 4.69) is 28.1 Å². The maximum absolute atomic E-state index is 11.1. The number of amides is 2. The molecule has 7 nitrogen and oxygen atoms in total. The maximum Gasteiger partial charge on any atom is 0.340 e. The quantitative estimate of drug-likeness (QED) is 0.316. The number of thiol groups is 1. The van der Waals surface area contributed by atoms with Crippen LogP contribution < -0.4 is 5.32 Å². The molecule has 1 rings (SSSR count). The summed E-state index contributed by atoms with van der Waals surface area (Å²) in [6.45, 7) is 2.46.